The number of hydrogen-bond acceptors (Lipinski definition) is 6. The van der Waals surface area contributed by atoms with E-state index in [1.165, 1.54) is 0 Å². The van der Waals surface area contributed by atoms with Crippen LogP contribution in [0.3, 0.4) is 0 Å². The fraction of sp³-hybridized carbons (Fsp3) is 0.286. The Labute approximate surface area is 82.4 Å². The van der Waals surface area contributed by atoms with Crippen molar-refractivity contribution in [2.24, 2.45) is 0 Å². The van der Waals surface area contributed by atoms with E-state index >= 15 is 0 Å². The van der Waals surface area contributed by atoms with E-state index in [0.29, 0.717) is 0 Å². The van der Waals surface area contributed by atoms with Gasteiger partial charge in [-0.1, -0.05) is 5.10 Å². The summed E-state index contributed by atoms with van der Waals surface area (Å²) >= 11 is 0. The second kappa shape index (κ2) is 3.15. The molecule has 2 rings (SSSR count). The monoisotopic (exact) mass is 211 g/mol. The van der Waals surface area contributed by atoms with Crippen molar-refractivity contribution in [3.05, 3.63) is 21.9 Å². The number of nitrogens with zero attached hydrogens (tertiary/aromatic N) is 2. The number of carbonyl (C=O) groups is 2. The van der Waals surface area contributed by atoms with Crippen LogP contribution < -0.4 is 0 Å². The Kier molecular flexibility index (Phi) is 1.96. The zero-order valence-electron chi connectivity index (χ0n) is 7.30. The molecule has 78 valence electrons. The first kappa shape index (κ1) is 9.31. The van der Waals surface area contributed by atoms with Gasteiger partial charge in [-0.3, -0.25) is 9.59 Å². The third-order valence-electron chi connectivity index (χ3n) is 2.08. The van der Waals surface area contributed by atoms with Gasteiger partial charge >= 0.3 is 17.8 Å². The van der Waals surface area contributed by atoms with Crippen LogP contribution in [0.15, 0.2) is 6.20 Å². The SMILES string of the molecule is O=C1CC(c2cn[nH]c2[N+](=O)[O-])C(=O)O1. The lowest BCUT2D eigenvalue weighted by Crippen LogP contribution is -2.06. The highest BCUT2D eigenvalue weighted by Gasteiger charge is 2.39. The van der Waals surface area contributed by atoms with Gasteiger partial charge in [-0.05, 0) is 4.92 Å². The lowest BCUT2D eigenvalue weighted by atomic mass is 10.0. The molecule has 0 radical (unpaired) electrons. The average molecular weight is 211 g/mol. The Balaban J connectivity index is 2.37. The van der Waals surface area contributed by atoms with Crippen molar-refractivity contribution in [1.29, 1.82) is 0 Å². The number of nitro groups is 1. The summed E-state index contributed by atoms with van der Waals surface area (Å²) < 4.78 is 4.29. The average Bonchev–Trinajstić information content (AvgIpc) is 2.71. The first-order chi connectivity index (χ1) is 7.09. The molecule has 1 aromatic rings. The summed E-state index contributed by atoms with van der Waals surface area (Å²) in [5.41, 5.74) is 0.0795. The van der Waals surface area contributed by atoms with Gasteiger partial charge < -0.3 is 14.9 Å². The number of nitrogens with one attached hydrogen (secondary N) is 1. The highest BCUT2D eigenvalue weighted by molar-refractivity contribution is 5.98. The van der Waals surface area contributed by atoms with E-state index in [9.17, 15) is 19.7 Å². The standard InChI is InChI=1S/C7H5N3O5/c11-5-1-3(7(12)15-5)4-2-8-9-6(4)10(13)14/h2-3H,1H2,(H,8,9). The van der Waals surface area contributed by atoms with Gasteiger partial charge in [0.1, 0.15) is 5.92 Å². The number of cyclic esters (lactones) is 2. The molecular formula is C7H5N3O5. The number of carbonyl (C=O) groups excluding carboxylic acids is 2. The summed E-state index contributed by atoms with van der Waals surface area (Å²) in [5.74, 6) is -2.76. The maximum atomic E-state index is 11.2. The van der Waals surface area contributed by atoms with E-state index in [4.69, 9.17) is 0 Å². The molecule has 1 atom stereocenters. The van der Waals surface area contributed by atoms with Crippen LogP contribution in [0.1, 0.15) is 17.9 Å². The first-order valence-corrected chi connectivity index (χ1v) is 4.01. The lowest BCUT2D eigenvalue weighted by Gasteiger charge is -1.99. The van der Waals surface area contributed by atoms with Crippen LogP contribution in [0.4, 0.5) is 5.82 Å². The van der Waals surface area contributed by atoms with E-state index in [0.717, 1.165) is 6.20 Å². The predicted octanol–water partition coefficient (Wildman–Crippen LogP) is -0.125. The molecule has 0 saturated carbocycles. The number of aromatic nitrogens is 2. The molecule has 1 aromatic heterocycles. The van der Waals surface area contributed by atoms with Crippen LogP contribution in [0.25, 0.3) is 0 Å². The van der Waals surface area contributed by atoms with Gasteiger partial charge in [0.25, 0.3) is 0 Å². The molecule has 1 saturated heterocycles. The lowest BCUT2D eigenvalue weighted by molar-refractivity contribution is -0.390. The smallest absolute Gasteiger partial charge is 0.346 e. The molecule has 0 spiro atoms. The summed E-state index contributed by atoms with van der Waals surface area (Å²) in [5, 5.41) is 16.1. The fourth-order valence-electron chi connectivity index (χ4n) is 1.40. The van der Waals surface area contributed by atoms with Gasteiger partial charge in [0, 0.05) is 0 Å². The quantitative estimate of drug-likeness (QED) is 0.315. The Hall–Kier alpha value is -2.25. The molecule has 0 amide bonds. The van der Waals surface area contributed by atoms with Gasteiger partial charge in [0.2, 0.25) is 0 Å². The summed E-state index contributed by atoms with van der Waals surface area (Å²) in [6.07, 6.45) is 0.974. The first-order valence-electron chi connectivity index (χ1n) is 4.01. The van der Waals surface area contributed by atoms with Crippen LogP contribution in [-0.4, -0.2) is 27.1 Å². The molecule has 2 heterocycles. The number of H-pyrrole nitrogens is 1. The Bertz CT molecular complexity index is 451. The molecule has 0 bridgehead atoms. The van der Waals surface area contributed by atoms with Gasteiger partial charge in [0.05, 0.1) is 18.2 Å². The predicted molar refractivity (Wildman–Crippen MR) is 43.7 cm³/mol. The van der Waals surface area contributed by atoms with Crippen molar-refractivity contribution >= 4 is 17.8 Å². The Morgan fingerprint density at radius 2 is 2.33 bits per heavy atom. The van der Waals surface area contributed by atoms with Crippen molar-refractivity contribution in [3.8, 4) is 0 Å². The molecule has 8 heteroatoms. The summed E-state index contributed by atoms with van der Waals surface area (Å²) in [6.45, 7) is 0. The molecular weight excluding hydrogens is 206 g/mol. The minimum atomic E-state index is -0.920. The van der Waals surface area contributed by atoms with Crippen LogP contribution in [0.2, 0.25) is 0 Å². The van der Waals surface area contributed by atoms with E-state index in [2.05, 4.69) is 14.9 Å². The molecule has 0 aliphatic carbocycles. The van der Waals surface area contributed by atoms with E-state index in [-0.39, 0.29) is 17.8 Å². The summed E-state index contributed by atoms with van der Waals surface area (Å²) in [4.78, 5) is 31.8. The highest BCUT2D eigenvalue weighted by Crippen LogP contribution is 2.31. The zero-order chi connectivity index (χ0) is 11.0. The van der Waals surface area contributed by atoms with Crippen molar-refractivity contribution in [2.45, 2.75) is 12.3 Å². The van der Waals surface area contributed by atoms with Crippen LogP contribution in [0, 0.1) is 10.1 Å². The zero-order valence-corrected chi connectivity index (χ0v) is 7.30. The summed E-state index contributed by atoms with van der Waals surface area (Å²) in [7, 11) is 0. The largest absolute Gasteiger partial charge is 0.393 e. The van der Waals surface area contributed by atoms with Gasteiger partial charge in [-0.15, -0.1) is 5.10 Å². The molecule has 0 aromatic carbocycles. The van der Waals surface area contributed by atoms with Crippen LogP contribution in [0.5, 0.6) is 0 Å². The molecule has 1 aliphatic rings. The van der Waals surface area contributed by atoms with Gasteiger partial charge in [0.15, 0.2) is 0 Å². The molecule has 8 nitrogen and oxygen atoms in total. The van der Waals surface area contributed by atoms with E-state index < -0.39 is 22.8 Å². The maximum absolute atomic E-state index is 11.2. The number of esters is 2. The molecule has 15 heavy (non-hydrogen) atoms. The Morgan fingerprint density at radius 1 is 1.60 bits per heavy atom. The number of ether oxygens (including phenoxy) is 1. The molecule has 1 fully saturated rings. The van der Waals surface area contributed by atoms with E-state index in [1.807, 2.05) is 0 Å². The minimum absolute atomic E-state index is 0.0795. The second-order valence-corrected chi connectivity index (χ2v) is 2.98. The summed E-state index contributed by atoms with van der Waals surface area (Å²) in [6, 6.07) is 0. The fourth-order valence-corrected chi connectivity index (χ4v) is 1.40. The maximum Gasteiger partial charge on any atom is 0.346 e. The van der Waals surface area contributed by atoms with Gasteiger partial charge in [-0.2, -0.15) is 0 Å². The normalized spacial score (nSPS) is 20.4. The molecule has 1 aliphatic heterocycles. The van der Waals surface area contributed by atoms with Crippen molar-refractivity contribution in [1.82, 2.24) is 10.2 Å². The second-order valence-electron chi connectivity index (χ2n) is 2.98. The van der Waals surface area contributed by atoms with Gasteiger partial charge in [-0.25, -0.2) is 0 Å². The molecule has 1 N–H and O–H groups in total. The minimum Gasteiger partial charge on any atom is -0.393 e. The number of rotatable bonds is 2. The van der Waals surface area contributed by atoms with Crippen molar-refractivity contribution in [3.63, 3.8) is 0 Å². The van der Waals surface area contributed by atoms with Crippen LogP contribution >= 0.6 is 0 Å². The van der Waals surface area contributed by atoms with Crippen molar-refractivity contribution in [2.75, 3.05) is 0 Å². The van der Waals surface area contributed by atoms with E-state index in [1.54, 1.807) is 0 Å². The number of aromatic amines is 1. The topological polar surface area (TPSA) is 115 Å². The molecule has 1 unspecified atom stereocenters. The number of hydrogen-bond donors (Lipinski definition) is 1. The Morgan fingerprint density at radius 3 is 2.87 bits per heavy atom. The van der Waals surface area contributed by atoms with Crippen molar-refractivity contribution < 1.29 is 19.2 Å². The third-order valence-corrected chi connectivity index (χ3v) is 2.08. The van der Waals surface area contributed by atoms with Crippen LogP contribution in [-0.2, 0) is 14.3 Å². The highest BCUT2D eigenvalue weighted by atomic mass is 16.6. The third kappa shape index (κ3) is 1.45.